The zero-order chi connectivity index (χ0) is 22.6. The molecule has 3 aromatic rings. The Labute approximate surface area is 201 Å². The van der Waals surface area contributed by atoms with Gasteiger partial charge in [0.25, 0.3) is 0 Å². The molecule has 2 aromatic carbocycles. The molecule has 2 aliphatic rings. The molecule has 10 heteroatoms. The summed E-state index contributed by atoms with van der Waals surface area (Å²) in [4.78, 5) is 14.8. The Balaban J connectivity index is 1.23. The second-order valence-corrected chi connectivity index (χ2v) is 9.26. The number of rotatable bonds is 7. The Hall–Kier alpha value is -2.91. The van der Waals surface area contributed by atoms with Crippen molar-refractivity contribution in [1.29, 1.82) is 0 Å². The smallest absolute Gasteiger partial charge is 0.232 e. The first kappa shape index (κ1) is 21.9. The van der Waals surface area contributed by atoms with E-state index in [1.54, 1.807) is 0 Å². The molecule has 5 rings (SSSR count). The van der Waals surface area contributed by atoms with Crippen LogP contribution in [-0.2, 0) is 4.79 Å². The molecule has 1 aromatic heterocycles. The van der Waals surface area contributed by atoms with E-state index in [9.17, 15) is 4.79 Å². The van der Waals surface area contributed by atoms with E-state index in [0.717, 1.165) is 43.3 Å². The van der Waals surface area contributed by atoms with Crippen LogP contribution < -0.4 is 19.7 Å². The highest BCUT2D eigenvalue weighted by molar-refractivity contribution is 7.99. The number of ether oxygens (including phenoxy) is 2. The fourth-order valence-electron chi connectivity index (χ4n) is 3.89. The van der Waals surface area contributed by atoms with Crippen molar-refractivity contribution in [1.82, 2.24) is 20.1 Å². The van der Waals surface area contributed by atoms with Crippen molar-refractivity contribution in [2.45, 2.75) is 24.1 Å². The molecule has 0 aliphatic carbocycles. The van der Waals surface area contributed by atoms with Crippen LogP contribution in [0.15, 0.2) is 53.7 Å². The fourth-order valence-corrected chi connectivity index (χ4v) is 4.85. The van der Waals surface area contributed by atoms with Gasteiger partial charge in [-0.05, 0) is 43.2 Å². The van der Waals surface area contributed by atoms with Crippen LogP contribution in [0, 0.1) is 0 Å². The summed E-state index contributed by atoms with van der Waals surface area (Å²) in [5.74, 6) is 2.31. The quantitative estimate of drug-likeness (QED) is 0.512. The van der Waals surface area contributed by atoms with Crippen molar-refractivity contribution in [2.24, 2.45) is 0 Å². The third kappa shape index (κ3) is 5.04. The van der Waals surface area contributed by atoms with E-state index in [1.807, 2.05) is 53.1 Å². The zero-order valence-corrected chi connectivity index (χ0v) is 19.5. The first-order chi connectivity index (χ1) is 16.2. The minimum Gasteiger partial charge on any atom is -0.486 e. The molecule has 1 N–H and O–H groups in total. The van der Waals surface area contributed by atoms with Gasteiger partial charge in [0.1, 0.15) is 12.7 Å². The lowest BCUT2D eigenvalue weighted by molar-refractivity contribution is -0.119. The summed E-state index contributed by atoms with van der Waals surface area (Å²) in [5.41, 5.74) is 0.878. The maximum absolute atomic E-state index is 12.6. The molecule has 33 heavy (non-hydrogen) atoms. The number of amides is 1. The van der Waals surface area contributed by atoms with Gasteiger partial charge in [-0.15, -0.1) is 10.2 Å². The van der Waals surface area contributed by atoms with Gasteiger partial charge in [-0.3, -0.25) is 9.36 Å². The van der Waals surface area contributed by atoms with Crippen LogP contribution >= 0.6 is 23.4 Å². The number of hydrogen-bond donors (Lipinski definition) is 1. The van der Waals surface area contributed by atoms with Crippen molar-refractivity contribution in [3.8, 4) is 17.2 Å². The van der Waals surface area contributed by atoms with E-state index in [-0.39, 0.29) is 17.8 Å². The Kier molecular flexibility index (Phi) is 6.59. The van der Waals surface area contributed by atoms with Gasteiger partial charge < -0.3 is 19.7 Å². The lowest BCUT2D eigenvalue weighted by Crippen LogP contribution is -2.41. The monoisotopic (exact) mass is 485 g/mol. The molecule has 1 atom stereocenters. The van der Waals surface area contributed by atoms with Crippen LogP contribution in [0.1, 0.15) is 12.8 Å². The zero-order valence-electron chi connectivity index (χ0n) is 17.9. The topological polar surface area (TPSA) is 81.5 Å². The summed E-state index contributed by atoms with van der Waals surface area (Å²) >= 11 is 7.59. The average molecular weight is 486 g/mol. The molecule has 1 amide bonds. The van der Waals surface area contributed by atoms with E-state index >= 15 is 0 Å². The lowest BCUT2D eigenvalue weighted by Gasteiger charge is -2.26. The second-order valence-electron chi connectivity index (χ2n) is 7.88. The van der Waals surface area contributed by atoms with Crippen LogP contribution in [0.25, 0.3) is 5.69 Å². The number of thioether (sulfide) groups is 1. The number of fused-ring (bicyclic) bond motifs is 1. The molecule has 3 heterocycles. The first-order valence-corrected chi connectivity index (χ1v) is 12.3. The molecule has 1 unspecified atom stereocenters. The number of benzene rings is 2. The molecule has 0 saturated carbocycles. The van der Waals surface area contributed by atoms with Crippen LogP contribution in [0.3, 0.4) is 0 Å². The van der Waals surface area contributed by atoms with E-state index in [4.69, 9.17) is 21.1 Å². The van der Waals surface area contributed by atoms with Crippen LogP contribution in [0.2, 0.25) is 5.02 Å². The third-order valence-corrected chi connectivity index (χ3v) is 6.66. The molecule has 2 aliphatic heterocycles. The van der Waals surface area contributed by atoms with Gasteiger partial charge >= 0.3 is 0 Å². The Morgan fingerprint density at radius 1 is 1.12 bits per heavy atom. The van der Waals surface area contributed by atoms with Gasteiger partial charge in [0.2, 0.25) is 11.9 Å². The van der Waals surface area contributed by atoms with Gasteiger partial charge in [-0.1, -0.05) is 41.6 Å². The molecule has 1 fully saturated rings. The van der Waals surface area contributed by atoms with Gasteiger partial charge in [0.15, 0.2) is 16.7 Å². The number of aromatic nitrogens is 3. The van der Waals surface area contributed by atoms with Gasteiger partial charge in [0.05, 0.1) is 18.0 Å². The van der Waals surface area contributed by atoms with Crippen LogP contribution in [-0.4, -0.2) is 58.8 Å². The largest absolute Gasteiger partial charge is 0.486 e. The van der Waals surface area contributed by atoms with Crippen molar-refractivity contribution >= 4 is 35.2 Å². The Morgan fingerprint density at radius 3 is 2.76 bits per heavy atom. The van der Waals surface area contributed by atoms with Crippen molar-refractivity contribution in [3.63, 3.8) is 0 Å². The van der Waals surface area contributed by atoms with Gasteiger partial charge in [0, 0.05) is 18.1 Å². The number of para-hydroxylation sites is 2. The summed E-state index contributed by atoms with van der Waals surface area (Å²) in [7, 11) is 0. The van der Waals surface area contributed by atoms with E-state index in [0.29, 0.717) is 29.1 Å². The van der Waals surface area contributed by atoms with Gasteiger partial charge in [-0.2, -0.15) is 0 Å². The van der Waals surface area contributed by atoms with Gasteiger partial charge in [-0.25, -0.2) is 0 Å². The average Bonchev–Trinajstić information content (AvgIpc) is 3.51. The van der Waals surface area contributed by atoms with Crippen molar-refractivity contribution in [2.75, 3.05) is 36.9 Å². The summed E-state index contributed by atoms with van der Waals surface area (Å²) < 4.78 is 13.6. The van der Waals surface area contributed by atoms with E-state index in [2.05, 4.69) is 20.4 Å². The summed E-state index contributed by atoms with van der Waals surface area (Å²) in [6.45, 7) is 2.65. The molecular weight excluding hydrogens is 462 g/mol. The second kappa shape index (κ2) is 9.93. The molecule has 0 spiro atoms. The SMILES string of the molecule is O=C(CSc1nnc(N2CCCC2)n1-c1cccc(Cl)c1)NCC1COc2ccccc2O1. The highest BCUT2D eigenvalue weighted by atomic mass is 35.5. The highest BCUT2D eigenvalue weighted by Gasteiger charge is 2.24. The number of carbonyl (C=O) groups is 1. The molecule has 0 bridgehead atoms. The number of carbonyl (C=O) groups excluding carboxylic acids is 1. The normalized spacial score (nSPS) is 17.2. The number of anilines is 1. The van der Waals surface area contributed by atoms with Crippen molar-refractivity contribution < 1.29 is 14.3 Å². The Bertz CT molecular complexity index is 1130. The molecule has 0 radical (unpaired) electrons. The van der Waals surface area contributed by atoms with Crippen LogP contribution in [0.4, 0.5) is 5.95 Å². The minimum absolute atomic E-state index is 0.106. The standard InChI is InChI=1S/C23H24ClN5O3S/c24-16-6-5-7-17(12-16)29-22(28-10-3-4-11-28)26-27-23(29)33-15-21(30)25-13-18-14-31-19-8-1-2-9-20(19)32-18/h1-2,5-9,12,18H,3-4,10-11,13-15H2,(H,25,30). The molecular formula is C23H24ClN5O3S. The minimum atomic E-state index is -0.231. The summed E-state index contributed by atoms with van der Waals surface area (Å²) in [5, 5.41) is 13.0. The molecule has 172 valence electrons. The van der Waals surface area contributed by atoms with E-state index < -0.39 is 0 Å². The third-order valence-electron chi connectivity index (χ3n) is 5.50. The first-order valence-electron chi connectivity index (χ1n) is 10.9. The highest BCUT2D eigenvalue weighted by Crippen LogP contribution is 2.31. The maximum atomic E-state index is 12.6. The Morgan fingerprint density at radius 2 is 1.94 bits per heavy atom. The van der Waals surface area contributed by atoms with Crippen molar-refractivity contribution in [3.05, 3.63) is 53.6 Å². The summed E-state index contributed by atoms with van der Waals surface area (Å²) in [6.07, 6.45) is 2.03. The number of nitrogens with one attached hydrogen (secondary N) is 1. The lowest BCUT2D eigenvalue weighted by atomic mass is 10.2. The van der Waals surface area contributed by atoms with Crippen LogP contribution in [0.5, 0.6) is 11.5 Å². The molecule has 8 nitrogen and oxygen atoms in total. The maximum Gasteiger partial charge on any atom is 0.232 e. The predicted molar refractivity (Wildman–Crippen MR) is 128 cm³/mol. The number of halogens is 1. The molecule has 1 saturated heterocycles. The number of hydrogen-bond acceptors (Lipinski definition) is 7. The fraction of sp³-hybridized carbons (Fsp3) is 0.348. The predicted octanol–water partition coefficient (Wildman–Crippen LogP) is 3.57. The number of nitrogens with zero attached hydrogens (tertiary/aromatic N) is 4. The van der Waals surface area contributed by atoms with E-state index in [1.165, 1.54) is 11.8 Å². The summed E-state index contributed by atoms with van der Waals surface area (Å²) in [6, 6.07) is 15.1.